The van der Waals surface area contributed by atoms with E-state index in [2.05, 4.69) is 22.0 Å². The normalized spacial score (nSPS) is 15.3. The first-order valence-electron chi connectivity index (χ1n) is 6.28. The Morgan fingerprint density at radius 1 is 1.28 bits per heavy atom. The molecule has 0 unspecified atom stereocenters. The van der Waals surface area contributed by atoms with E-state index >= 15 is 0 Å². The Kier molecular flexibility index (Phi) is 4.70. The number of carbonyl (C=O) groups excluding carboxylic acids is 1. The Balaban J connectivity index is 1.96. The summed E-state index contributed by atoms with van der Waals surface area (Å²) in [5, 5.41) is 0. The SMILES string of the molecule is O=C(CC1=CCCCC1)Cc1ccc(Br)cc1F. The zero-order valence-electron chi connectivity index (χ0n) is 10.2. The summed E-state index contributed by atoms with van der Waals surface area (Å²) in [6.07, 6.45) is 7.33. The Labute approximate surface area is 115 Å². The molecule has 0 N–H and O–H groups in total. The van der Waals surface area contributed by atoms with E-state index in [0.717, 1.165) is 12.8 Å². The molecule has 1 aliphatic rings. The van der Waals surface area contributed by atoms with Crippen LogP contribution in [-0.2, 0) is 11.2 Å². The van der Waals surface area contributed by atoms with Crippen molar-refractivity contribution in [1.29, 1.82) is 0 Å². The van der Waals surface area contributed by atoms with Crippen molar-refractivity contribution in [2.24, 2.45) is 0 Å². The smallest absolute Gasteiger partial charge is 0.141 e. The van der Waals surface area contributed by atoms with E-state index in [1.54, 1.807) is 12.1 Å². The van der Waals surface area contributed by atoms with Crippen molar-refractivity contribution < 1.29 is 9.18 Å². The lowest BCUT2D eigenvalue weighted by Gasteiger charge is -2.12. The molecule has 0 radical (unpaired) electrons. The fraction of sp³-hybridized carbons (Fsp3) is 0.400. The summed E-state index contributed by atoms with van der Waals surface area (Å²) < 4.78 is 14.3. The van der Waals surface area contributed by atoms with Crippen LogP contribution in [0.1, 0.15) is 37.7 Å². The summed E-state index contributed by atoms with van der Waals surface area (Å²) >= 11 is 3.21. The van der Waals surface area contributed by atoms with Gasteiger partial charge in [0.2, 0.25) is 0 Å². The Morgan fingerprint density at radius 3 is 2.78 bits per heavy atom. The molecular weight excluding hydrogens is 295 g/mol. The van der Waals surface area contributed by atoms with E-state index < -0.39 is 0 Å². The van der Waals surface area contributed by atoms with E-state index in [4.69, 9.17) is 0 Å². The van der Waals surface area contributed by atoms with Crippen LogP contribution in [0.4, 0.5) is 4.39 Å². The van der Waals surface area contributed by atoms with Gasteiger partial charge in [-0.1, -0.05) is 33.6 Å². The van der Waals surface area contributed by atoms with Crippen molar-refractivity contribution in [1.82, 2.24) is 0 Å². The van der Waals surface area contributed by atoms with Gasteiger partial charge >= 0.3 is 0 Å². The molecule has 2 rings (SSSR count). The number of allylic oxidation sites excluding steroid dienone is 2. The molecule has 0 atom stereocenters. The fourth-order valence-corrected chi connectivity index (χ4v) is 2.59. The third-order valence-corrected chi connectivity index (χ3v) is 3.71. The Morgan fingerprint density at radius 2 is 2.11 bits per heavy atom. The van der Waals surface area contributed by atoms with Crippen LogP contribution in [0.2, 0.25) is 0 Å². The molecule has 3 heteroatoms. The minimum absolute atomic E-state index is 0.101. The van der Waals surface area contributed by atoms with Crippen molar-refractivity contribution in [3.63, 3.8) is 0 Å². The van der Waals surface area contributed by atoms with Crippen molar-refractivity contribution in [3.8, 4) is 0 Å². The molecule has 0 heterocycles. The number of carbonyl (C=O) groups is 1. The van der Waals surface area contributed by atoms with Gasteiger partial charge in [-0.25, -0.2) is 4.39 Å². The number of Topliss-reactive ketones (excluding diaryl/α,β-unsaturated/α-hetero) is 1. The summed E-state index contributed by atoms with van der Waals surface area (Å²) in [5.41, 5.74) is 1.71. The first kappa shape index (κ1) is 13.5. The summed E-state index contributed by atoms with van der Waals surface area (Å²) in [6.45, 7) is 0. The van der Waals surface area contributed by atoms with Crippen LogP contribution in [-0.4, -0.2) is 5.78 Å². The van der Waals surface area contributed by atoms with E-state index in [1.165, 1.54) is 24.5 Å². The van der Waals surface area contributed by atoms with Crippen LogP contribution in [0.3, 0.4) is 0 Å². The molecule has 0 amide bonds. The van der Waals surface area contributed by atoms with Gasteiger partial charge in [-0.2, -0.15) is 0 Å². The van der Waals surface area contributed by atoms with Crippen LogP contribution in [0.15, 0.2) is 34.3 Å². The van der Waals surface area contributed by atoms with Crippen molar-refractivity contribution in [3.05, 3.63) is 45.7 Å². The topological polar surface area (TPSA) is 17.1 Å². The molecule has 1 aromatic rings. The number of ketones is 1. The fourth-order valence-electron chi connectivity index (χ4n) is 2.26. The van der Waals surface area contributed by atoms with Crippen LogP contribution in [0, 0.1) is 5.82 Å². The second-order valence-electron chi connectivity index (χ2n) is 4.74. The van der Waals surface area contributed by atoms with Crippen molar-refractivity contribution in [2.45, 2.75) is 38.5 Å². The van der Waals surface area contributed by atoms with Crippen LogP contribution in [0.5, 0.6) is 0 Å². The third-order valence-electron chi connectivity index (χ3n) is 3.21. The predicted molar refractivity (Wildman–Crippen MR) is 74.0 cm³/mol. The van der Waals surface area contributed by atoms with E-state index in [9.17, 15) is 9.18 Å². The monoisotopic (exact) mass is 310 g/mol. The molecule has 0 saturated heterocycles. The largest absolute Gasteiger partial charge is 0.299 e. The van der Waals surface area contributed by atoms with Gasteiger partial charge < -0.3 is 0 Å². The Hall–Kier alpha value is -0.960. The zero-order valence-corrected chi connectivity index (χ0v) is 11.8. The average Bonchev–Trinajstić information content (AvgIpc) is 2.34. The second-order valence-corrected chi connectivity index (χ2v) is 5.65. The van der Waals surface area contributed by atoms with E-state index in [-0.39, 0.29) is 18.0 Å². The Bertz CT molecular complexity index is 479. The molecule has 0 fully saturated rings. The predicted octanol–water partition coefficient (Wildman–Crippen LogP) is 4.59. The van der Waals surface area contributed by atoms with Gasteiger partial charge in [-0.15, -0.1) is 0 Å². The molecule has 0 spiro atoms. The highest BCUT2D eigenvalue weighted by molar-refractivity contribution is 9.10. The molecule has 0 aromatic heterocycles. The van der Waals surface area contributed by atoms with Gasteiger partial charge in [0.1, 0.15) is 11.6 Å². The van der Waals surface area contributed by atoms with Gasteiger partial charge in [0, 0.05) is 17.3 Å². The lowest BCUT2D eigenvalue weighted by atomic mass is 9.94. The number of rotatable bonds is 4. The standard InChI is InChI=1S/C15H16BrFO/c16-13-7-6-12(15(17)10-13)9-14(18)8-11-4-2-1-3-5-11/h4,6-7,10H,1-3,5,8-9H2. The minimum atomic E-state index is -0.310. The van der Waals surface area contributed by atoms with Crippen LogP contribution < -0.4 is 0 Å². The number of halogens is 2. The molecule has 18 heavy (non-hydrogen) atoms. The van der Waals surface area contributed by atoms with Gasteiger partial charge in [0.05, 0.1) is 0 Å². The highest BCUT2D eigenvalue weighted by atomic mass is 79.9. The second kappa shape index (κ2) is 6.28. The first-order chi connectivity index (χ1) is 8.65. The number of hydrogen-bond acceptors (Lipinski definition) is 1. The van der Waals surface area contributed by atoms with Gasteiger partial charge in [0.15, 0.2) is 0 Å². The lowest BCUT2D eigenvalue weighted by Crippen LogP contribution is -2.07. The third kappa shape index (κ3) is 3.77. The first-order valence-corrected chi connectivity index (χ1v) is 7.08. The average molecular weight is 311 g/mol. The highest BCUT2D eigenvalue weighted by Gasteiger charge is 2.12. The van der Waals surface area contributed by atoms with Crippen LogP contribution in [0.25, 0.3) is 0 Å². The van der Waals surface area contributed by atoms with Crippen molar-refractivity contribution in [2.75, 3.05) is 0 Å². The van der Waals surface area contributed by atoms with Crippen molar-refractivity contribution >= 4 is 21.7 Å². The summed E-state index contributed by atoms with van der Waals surface area (Å²) in [4.78, 5) is 11.9. The molecule has 0 aliphatic heterocycles. The van der Waals surface area contributed by atoms with Gasteiger partial charge in [0.25, 0.3) is 0 Å². The van der Waals surface area contributed by atoms with Crippen LogP contribution >= 0.6 is 15.9 Å². The van der Waals surface area contributed by atoms with E-state index in [0.29, 0.717) is 16.5 Å². The molecule has 0 bridgehead atoms. The summed E-state index contributed by atoms with van der Waals surface area (Å²) in [6, 6.07) is 4.85. The summed E-state index contributed by atoms with van der Waals surface area (Å²) in [7, 11) is 0. The van der Waals surface area contributed by atoms with Gasteiger partial charge in [-0.05, 0) is 43.4 Å². The molecule has 96 valence electrons. The zero-order chi connectivity index (χ0) is 13.0. The molecule has 0 saturated carbocycles. The van der Waals surface area contributed by atoms with E-state index in [1.807, 2.05) is 0 Å². The minimum Gasteiger partial charge on any atom is -0.299 e. The number of hydrogen-bond donors (Lipinski definition) is 0. The molecule has 1 aliphatic carbocycles. The maximum Gasteiger partial charge on any atom is 0.141 e. The maximum absolute atomic E-state index is 13.6. The quantitative estimate of drug-likeness (QED) is 0.743. The number of benzene rings is 1. The molecule has 1 aromatic carbocycles. The van der Waals surface area contributed by atoms with Gasteiger partial charge in [-0.3, -0.25) is 4.79 Å². The lowest BCUT2D eigenvalue weighted by molar-refractivity contribution is -0.117. The maximum atomic E-state index is 13.6. The molecular formula is C15H16BrFO. The highest BCUT2D eigenvalue weighted by Crippen LogP contribution is 2.22. The molecule has 1 nitrogen and oxygen atoms in total. The summed E-state index contributed by atoms with van der Waals surface area (Å²) in [5.74, 6) is -0.209.